The van der Waals surface area contributed by atoms with E-state index in [-0.39, 0.29) is 10.6 Å². The van der Waals surface area contributed by atoms with Crippen molar-refractivity contribution in [2.75, 3.05) is 31.1 Å². The van der Waals surface area contributed by atoms with Crippen LogP contribution in [0.2, 0.25) is 0 Å². The number of aliphatic hydroxyl groups is 1. The summed E-state index contributed by atoms with van der Waals surface area (Å²) < 4.78 is 0. The van der Waals surface area contributed by atoms with Crippen molar-refractivity contribution in [2.24, 2.45) is 0 Å². The quantitative estimate of drug-likeness (QED) is 0.682. The molecule has 1 N–H and O–H groups in total. The number of rotatable bonds is 4. The summed E-state index contributed by atoms with van der Waals surface area (Å²) in [4.78, 5) is 15.1. The van der Waals surface area contributed by atoms with E-state index in [1.54, 1.807) is 13.0 Å². The zero-order valence-electron chi connectivity index (χ0n) is 13.7. The minimum Gasteiger partial charge on any atom is -0.389 e. The average molecular weight is 307 g/mol. The third-order valence-electron chi connectivity index (χ3n) is 4.03. The van der Waals surface area contributed by atoms with E-state index in [9.17, 15) is 15.2 Å². The lowest BCUT2D eigenvalue weighted by atomic mass is 10.1. The molecular weight excluding hydrogens is 282 g/mol. The lowest BCUT2D eigenvalue weighted by Gasteiger charge is -2.43. The second-order valence-corrected chi connectivity index (χ2v) is 6.82. The number of piperazine rings is 1. The first-order valence-electron chi connectivity index (χ1n) is 7.64. The smallest absolute Gasteiger partial charge is 0.272 e. The first-order valence-corrected chi connectivity index (χ1v) is 7.64. The lowest BCUT2D eigenvalue weighted by Crippen LogP contribution is -2.54. The summed E-state index contributed by atoms with van der Waals surface area (Å²) in [6.45, 7) is 10.8. The van der Waals surface area contributed by atoms with Gasteiger partial charge in [-0.15, -0.1) is 0 Å². The molecule has 0 bridgehead atoms. The van der Waals surface area contributed by atoms with Crippen LogP contribution in [0.1, 0.15) is 26.3 Å². The highest BCUT2D eigenvalue weighted by atomic mass is 16.6. The normalized spacial score (nSPS) is 20.2. The van der Waals surface area contributed by atoms with Crippen molar-refractivity contribution < 1.29 is 10.0 Å². The maximum Gasteiger partial charge on any atom is 0.272 e. The Hall–Kier alpha value is -1.66. The summed E-state index contributed by atoms with van der Waals surface area (Å²) in [7, 11) is 0. The Morgan fingerprint density at radius 2 is 2.09 bits per heavy atom. The van der Waals surface area contributed by atoms with Crippen LogP contribution in [0, 0.1) is 17.0 Å². The fraction of sp³-hybridized carbons (Fsp3) is 0.625. The van der Waals surface area contributed by atoms with Crippen LogP contribution < -0.4 is 4.90 Å². The van der Waals surface area contributed by atoms with Gasteiger partial charge in [0, 0.05) is 49.5 Å². The molecule has 1 aliphatic heterocycles. The second kappa shape index (κ2) is 6.22. The van der Waals surface area contributed by atoms with Gasteiger partial charge < -0.3 is 10.0 Å². The Balaban J connectivity index is 2.09. The van der Waals surface area contributed by atoms with E-state index in [2.05, 4.69) is 16.7 Å². The van der Waals surface area contributed by atoms with Crippen molar-refractivity contribution >= 4 is 11.4 Å². The van der Waals surface area contributed by atoms with E-state index in [0.29, 0.717) is 18.2 Å². The number of hydrogen-bond acceptors (Lipinski definition) is 5. The molecule has 0 spiro atoms. The molecule has 1 aliphatic rings. The standard InChI is InChI=1S/C16H25N3O3/c1-12-9-14(5-6-15(12)19(21)22)18-8-7-17(10-13(18)2)11-16(3,4)20/h5-6,9,13,20H,7-8,10-11H2,1-4H3. The van der Waals surface area contributed by atoms with Crippen LogP contribution in [0.3, 0.4) is 0 Å². The summed E-state index contributed by atoms with van der Waals surface area (Å²) >= 11 is 0. The van der Waals surface area contributed by atoms with E-state index in [1.165, 1.54) is 0 Å². The van der Waals surface area contributed by atoms with Crippen molar-refractivity contribution in [3.05, 3.63) is 33.9 Å². The largest absolute Gasteiger partial charge is 0.389 e. The molecule has 0 aromatic heterocycles. The van der Waals surface area contributed by atoms with Gasteiger partial charge >= 0.3 is 0 Å². The summed E-state index contributed by atoms with van der Waals surface area (Å²) in [5.41, 5.74) is 1.19. The van der Waals surface area contributed by atoms with Crippen molar-refractivity contribution in [1.29, 1.82) is 0 Å². The highest BCUT2D eigenvalue weighted by Crippen LogP contribution is 2.27. The second-order valence-electron chi connectivity index (χ2n) is 6.82. The molecule has 1 fully saturated rings. The van der Waals surface area contributed by atoms with Crippen molar-refractivity contribution in [3.63, 3.8) is 0 Å². The zero-order chi connectivity index (χ0) is 16.5. The molecular formula is C16H25N3O3. The van der Waals surface area contributed by atoms with Crippen LogP contribution in [-0.2, 0) is 0 Å². The fourth-order valence-electron chi connectivity index (χ4n) is 3.13. The van der Waals surface area contributed by atoms with Gasteiger partial charge in [0.1, 0.15) is 0 Å². The van der Waals surface area contributed by atoms with Gasteiger partial charge in [-0.2, -0.15) is 0 Å². The first kappa shape index (κ1) is 16.7. The number of nitrogens with zero attached hydrogens (tertiary/aromatic N) is 3. The van der Waals surface area contributed by atoms with E-state index >= 15 is 0 Å². The number of benzene rings is 1. The number of hydrogen-bond donors (Lipinski definition) is 1. The predicted molar refractivity (Wildman–Crippen MR) is 87.4 cm³/mol. The number of anilines is 1. The van der Waals surface area contributed by atoms with Crippen molar-refractivity contribution in [1.82, 2.24) is 4.90 Å². The summed E-state index contributed by atoms with van der Waals surface area (Å²) in [5.74, 6) is 0. The Bertz CT molecular complexity index is 554. The van der Waals surface area contributed by atoms with Gasteiger partial charge in [0.15, 0.2) is 0 Å². The van der Waals surface area contributed by atoms with Crippen molar-refractivity contribution in [3.8, 4) is 0 Å². The van der Waals surface area contributed by atoms with Crippen LogP contribution in [0.5, 0.6) is 0 Å². The number of nitro benzene ring substituents is 1. The molecule has 2 rings (SSSR count). The van der Waals surface area contributed by atoms with Gasteiger partial charge in [0.25, 0.3) is 5.69 Å². The van der Waals surface area contributed by atoms with E-state index in [1.807, 2.05) is 26.0 Å². The average Bonchev–Trinajstić information content (AvgIpc) is 2.36. The third-order valence-corrected chi connectivity index (χ3v) is 4.03. The number of β-amino-alcohol motifs (C(OH)–C–C–N with tert-alkyl or cyclic N) is 1. The Morgan fingerprint density at radius 1 is 1.41 bits per heavy atom. The molecule has 0 aliphatic carbocycles. The van der Waals surface area contributed by atoms with Gasteiger partial charge in [0.2, 0.25) is 0 Å². The molecule has 1 saturated heterocycles. The molecule has 6 nitrogen and oxygen atoms in total. The molecule has 0 saturated carbocycles. The van der Waals surface area contributed by atoms with Crippen LogP contribution in [0.25, 0.3) is 0 Å². The highest BCUT2D eigenvalue weighted by Gasteiger charge is 2.27. The Labute approximate surface area is 131 Å². The Kier molecular flexibility index (Phi) is 4.72. The molecule has 1 aromatic carbocycles. The molecule has 122 valence electrons. The third kappa shape index (κ3) is 3.96. The maximum absolute atomic E-state index is 10.9. The van der Waals surface area contributed by atoms with Gasteiger partial charge in [-0.05, 0) is 39.8 Å². The molecule has 0 radical (unpaired) electrons. The molecule has 1 unspecified atom stereocenters. The lowest BCUT2D eigenvalue weighted by molar-refractivity contribution is -0.385. The zero-order valence-corrected chi connectivity index (χ0v) is 13.7. The monoisotopic (exact) mass is 307 g/mol. The molecule has 1 atom stereocenters. The molecule has 22 heavy (non-hydrogen) atoms. The Morgan fingerprint density at radius 3 is 2.59 bits per heavy atom. The topological polar surface area (TPSA) is 69.8 Å². The van der Waals surface area contributed by atoms with E-state index in [4.69, 9.17) is 0 Å². The van der Waals surface area contributed by atoms with Gasteiger partial charge in [-0.3, -0.25) is 15.0 Å². The predicted octanol–water partition coefficient (Wildman–Crippen LogP) is 2.18. The summed E-state index contributed by atoms with van der Waals surface area (Å²) in [5, 5.41) is 20.9. The summed E-state index contributed by atoms with van der Waals surface area (Å²) in [6.07, 6.45) is 0. The minimum atomic E-state index is -0.689. The summed E-state index contributed by atoms with van der Waals surface area (Å²) in [6, 6.07) is 5.60. The first-order chi connectivity index (χ1) is 10.2. The van der Waals surface area contributed by atoms with Crippen LogP contribution in [-0.4, -0.2) is 52.8 Å². The number of aryl methyl sites for hydroxylation is 1. The van der Waals surface area contributed by atoms with E-state index < -0.39 is 5.60 Å². The highest BCUT2D eigenvalue weighted by molar-refractivity contribution is 5.56. The van der Waals surface area contributed by atoms with Crippen LogP contribution in [0.15, 0.2) is 18.2 Å². The van der Waals surface area contributed by atoms with Gasteiger partial charge in [0.05, 0.1) is 10.5 Å². The van der Waals surface area contributed by atoms with Crippen LogP contribution in [0.4, 0.5) is 11.4 Å². The molecule has 0 amide bonds. The van der Waals surface area contributed by atoms with Crippen molar-refractivity contribution in [2.45, 2.75) is 39.3 Å². The van der Waals surface area contributed by atoms with Gasteiger partial charge in [-0.25, -0.2) is 0 Å². The van der Waals surface area contributed by atoms with Gasteiger partial charge in [-0.1, -0.05) is 0 Å². The minimum absolute atomic E-state index is 0.164. The molecule has 1 heterocycles. The SMILES string of the molecule is Cc1cc(N2CCN(CC(C)(C)O)CC2C)ccc1[N+](=O)[O-]. The maximum atomic E-state index is 10.9. The van der Waals surface area contributed by atoms with E-state index in [0.717, 1.165) is 25.3 Å². The fourth-order valence-corrected chi connectivity index (χ4v) is 3.13. The van der Waals surface area contributed by atoms with Crippen LogP contribution >= 0.6 is 0 Å². The molecule has 6 heteroatoms. The molecule has 1 aromatic rings. The number of nitro groups is 1.